The van der Waals surface area contributed by atoms with E-state index in [4.69, 9.17) is 5.73 Å². The number of hydrogen-bond donors (Lipinski definition) is 2. The largest absolute Gasteiger partial charge is 0.481 e. The summed E-state index contributed by atoms with van der Waals surface area (Å²) >= 11 is 0. The fraction of sp³-hybridized carbons (Fsp3) is 0.867. The van der Waals surface area contributed by atoms with E-state index in [2.05, 4.69) is 0 Å². The average molecular weight is 282 g/mol. The Hall–Kier alpha value is -1.10. The normalized spacial score (nSPS) is 28.5. The highest BCUT2D eigenvalue weighted by molar-refractivity contribution is 5.81. The summed E-state index contributed by atoms with van der Waals surface area (Å²) in [5.41, 5.74) is 5.02. The van der Waals surface area contributed by atoms with Gasteiger partial charge in [-0.05, 0) is 37.1 Å². The van der Waals surface area contributed by atoms with Gasteiger partial charge < -0.3 is 15.7 Å². The molecule has 3 N–H and O–H groups in total. The van der Waals surface area contributed by atoms with Crippen molar-refractivity contribution in [3.63, 3.8) is 0 Å². The first-order chi connectivity index (χ1) is 9.35. The number of carboxylic acid groups (broad SMARTS) is 1. The maximum absolute atomic E-state index is 12.4. The second kappa shape index (κ2) is 5.35. The van der Waals surface area contributed by atoms with Crippen molar-refractivity contribution in [2.75, 3.05) is 19.6 Å². The number of likely N-dealkylation sites (tertiary alicyclic amines) is 1. The third kappa shape index (κ3) is 2.43. The Morgan fingerprint density at radius 2 is 1.95 bits per heavy atom. The average Bonchev–Trinajstić information content (AvgIpc) is 2.80. The van der Waals surface area contributed by atoms with Gasteiger partial charge in [-0.1, -0.05) is 20.3 Å². The standard InChI is InChI=1S/C15H26N2O3/c1-11(2)15(13(19)20)6-7-17(10-15)12(18)8-14(9-16)4-3-5-14/h11H,3-10,16H2,1-2H3,(H,19,20). The summed E-state index contributed by atoms with van der Waals surface area (Å²) in [6, 6.07) is 0. The highest BCUT2D eigenvalue weighted by Gasteiger charge is 2.49. The molecule has 0 spiro atoms. The number of rotatable bonds is 5. The van der Waals surface area contributed by atoms with E-state index >= 15 is 0 Å². The summed E-state index contributed by atoms with van der Waals surface area (Å²) in [5, 5.41) is 9.51. The van der Waals surface area contributed by atoms with Crippen LogP contribution >= 0.6 is 0 Å². The van der Waals surface area contributed by atoms with Crippen LogP contribution in [-0.4, -0.2) is 41.5 Å². The van der Waals surface area contributed by atoms with Crippen molar-refractivity contribution >= 4 is 11.9 Å². The molecule has 1 saturated heterocycles. The fourth-order valence-corrected chi connectivity index (χ4v) is 3.50. The molecule has 2 rings (SSSR count). The molecule has 1 unspecified atom stereocenters. The Bertz CT molecular complexity index is 398. The van der Waals surface area contributed by atoms with E-state index in [1.54, 1.807) is 4.90 Å². The summed E-state index contributed by atoms with van der Waals surface area (Å²) in [6.45, 7) is 5.31. The molecule has 5 heteroatoms. The number of aliphatic carboxylic acids is 1. The maximum atomic E-state index is 12.4. The second-order valence-corrected chi connectivity index (χ2v) is 6.92. The predicted molar refractivity (Wildman–Crippen MR) is 76.1 cm³/mol. The van der Waals surface area contributed by atoms with Gasteiger partial charge in [0.15, 0.2) is 0 Å². The molecule has 1 aliphatic carbocycles. The number of amides is 1. The molecule has 114 valence electrons. The van der Waals surface area contributed by atoms with Gasteiger partial charge >= 0.3 is 5.97 Å². The maximum Gasteiger partial charge on any atom is 0.311 e. The van der Waals surface area contributed by atoms with Crippen LogP contribution in [0, 0.1) is 16.7 Å². The smallest absolute Gasteiger partial charge is 0.311 e. The SMILES string of the molecule is CC(C)C1(C(=O)O)CCN(C(=O)CC2(CN)CCC2)C1. The number of nitrogens with two attached hydrogens (primary N) is 1. The fourth-order valence-electron chi connectivity index (χ4n) is 3.50. The van der Waals surface area contributed by atoms with E-state index in [9.17, 15) is 14.7 Å². The van der Waals surface area contributed by atoms with E-state index in [0.717, 1.165) is 19.3 Å². The van der Waals surface area contributed by atoms with Crippen molar-refractivity contribution in [2.24, 2.45) is 22.5 Å². The van der Waals surface area contributed by atoms with Crippen LogP contribution in [0.4, 0.5) is 0 Å². The molecule has 0 aromatic carbocycles. The molecule has 1 amide bonds. The van der Waals surface area contributed by atoms with Gasteiger partial charge in [0.25, 0.3) is 0 Å². The van der Waals surface area contributed by atoms with Gasteiger partial charge in [0, 0.05) is 19.5 Å². The Morgan fingerprint density at radius 1 is 1.30 bits per heavy atom. The summed E-state index contributed by atoms with van der Waals surface area (Å²) in [7, 11) is 0. The molecule has 5 nitrogen and oxygen atoms in total. The van der Waals surface area contributed by atoms with Gasteiger partial charge in [0.05, 0.1) is 5.41 Å². The molecule has 1 saturated carbocycles. The minimum Gasteiger partial charge on any atom is -0.481 e. The molecular weight excluding hydrogens is 256 g/mol. The van der Waals surface area contributed by atoms with Crippen LogP contribution in [0.2, 0.25) is 0 Å². The van der Waals surface area contributed by atoms with Crippen LogP contribution in [-0.2, 0) is 9.59 Å². The Balaban J connectivity index is 2.01. The van der Waals surface area contributed by atoms with Crippen molar-refractivity contribution in [3.05, 3.63) is 0 Å². The number of hydrogen-bond acceptors (Lipinski definition) is 3. The van der Waals surface area contributed by atoms with Crippen molar-refractivity contribution in [2.45, 2.75) is 46.0 Å². The van der Waals surface area contributed by atoms with Crippen LogP contribution in [0.25, 0.3) is 0 Å². The molecule has 2 fully saturated rings. The van der Waals surface area contributed by atoms with E-state index in [-0.39, 0.29) is 17.2 Å². The summed E-state index contributed by atoms with van der Waals surface area (Å²) < 4.78 is 0. The predicted octanol–water partition coefficient (Wildman–Crippen LogP) is 1.46. The molecule has 1 aliphatic heterocycles. The van der Waals surface area contributed by atoms with Crippen LogP contribution in [0.1, 0.15) is 46.0 Å². The number of carboxylic acids is 1. The molecule has 0 aromatic heterocycles. The highest BCUT2D eigenvalue weighted by atomic mass is 16.4. The van der Waals surface area contributed by atoms with E-state index in [1.165, 1.54) is 0 Å². The lowest BCUT2D eigenvalue weighted by Gasteiger charge is -2.41. The molecular formula is C15H26N2O3. The molecule has 0 radical (unpaired) electrons. The lowest BCUT2D eigenvalue weighted by molar-refractivity contribution is -0.151. The first-order valence-electron chi connectivity index (χ1n) is 7.56. The Morgan fingerprint density at radius 3 is 2.30 bits per heavy atom. The van der Waals surface area contributed by atoms with Gasteiger partial charge in [0.2, 0.25) is 5.91 Å². The van der Waals surface area contributed by atoms with Crippen LogP contribution in [0.3, 0.4) is 0 Å². The van der Waals surface area contributed by atoms with Crippen LogP contribution in [0.15, 0.2) is 0 Å². The Kier molecular flexibility index (Phi) is 4.09. The van der Waals surface area contributed by atoms with E-state index in [1.807, 2.05) is 13.8 Å². The van der Waals surface area contributed by atoms with Gasteiger partial charge in [0.1, 0.15) is 0 Å². The van der Waals surface area contributed by atoms with E-state index < -0.39 is 11.4 Å². The van der Waals surface area contributed by atoms with Gasteiger partial charge in [-0.2, -0.15) is 0 Å². The number of carbonyl (C=O) groups excluding carboxylic acids is 1. The molecule has 1 heterocycles. The molecule has 1 atom stereocenters. The second-order valence-electron chi connectivity index (χ2n) is 6.92. The first kappa shape index (κ1) is 15.3. The van der Waals surface area contributed by atoms with Crippen molar-refractivity contribution in [1.29, 1.82) is 0 Å². The highest BCUT2D eigenvalue weighted by Crippen LogP contribution is 2.44. The summed E-state index contributed by atoms with van der Waals surface area (Å²) in [4.78, 5) is 25.7. The van der Waals surface area contributed by atoms with Crippen molar-refractivity contribution in [3.8, 4) is 0 Å². The van der Waals surface area contributed by atoms with Gasteiger partial charge in [-0.3, -0.25) is 9.59 Å². The minimum absolute atomic E-state index is 0.0105. The molecule has 20 heavy (non-hydrogen) atoms. The third-order valence-electron chi connectivity index (χ3n) is 5.56. The van der Waals surface area contributed by atoms with E-state index in [0.29, 0.717) is 32.5 Å². The zero-order chi connectivity index (χ0) is 15.0. The molecule has 2 aliphatic rings. The topological polar surface area (TPSA) is 83.6 Å². The van der Waals surface area contributed by atoms with Crippen molar-refractivity contribution < 1.29 is 14.7 Å². The monoisotopic (exact) mass is 282 g/mol. The third-order valence-corrected chi connectivity index (χ3v) is 5.56. The van der Waals surface area contributed by atoms with Gasteiger partial charge in [-0.15, -0.1) is 0 Å². The lowest BCUT2D eigenvalue weighted by Crippen LogP contribution is -2.44. The summed E-state index contributed by atoms with van der Waals surface area (Å²) in [5.74, 6) is -0.663. The number of carbonyl (C=O) groups is 2. The van der Waals surface area contributed by atoms with Crippen LogP contribution in [0.5, 0.6) is 0 Å². The number of nitrogens with zero attached hydrogens (tertiary/aromatic N) is 1. The zero-order valence-corrected chi connectivity index (χ0v) is 12.5. The molecule has 0 bridgehead atoms. The summed E-state index contributed by atoms with van der Waals surface area (Å²) in [6.07, 6.45) is 4.24. The van der Waals surface area contributed by atoms with Crippen molar-refractivity contribution in [1.82, 2.24) is 4.90 Å². The van der Waals surface area contributed by atoms with Gasteiger partial charge in [-0.25, -0.2) is 0 Å². The lowest BCUT2D eigenvalue weighted by atomic mass is 9.66. The van der Waals surface area contributed by atoms with Crippen LogP contribution < -0.4 is 5.73 Å². The zero-order valence-electron chi connectivity index (χ0n) is 12.5. The first-order valence-corrected chi connectivity index (χ1v) is 7.56. The molecule has 0 aromatic rings. The minimum atomic E-state index is -0.778. The quantitative estimate of drug-likeness (QED) is 0.799. The Labute approximate surface area is 120 Å².